The minimum atomic E-state index is -0.696. The van der Waals surface area contributed by atoms with Crippen LogP contribution >= 0.6 is 0 Å². The molecule has 0 saturated heterocycles. The highest BCUT2D eigenvalue weighted by atomic mass is 16.7. The van der Waals surface area contributed by atoms with Crippen molar-refractivity contribution in [3.05, 3.63) is 65.7 Å². The zero-order valence-corrected chi connectivity index (χ0v) is 12.4. The Morgan fingerprint density at radius 1 is 1.00 bits per heavy atom. The standard InChI is InChI=1S/C18H22O3/c1-2-3-13-20-14-21-17-12-8-7-11-16(17)18(19)15-9-5-4-6-10-15/h4-12,18-19H,2-3,13-14H2,1H3. The van der Waals surface area contributed by atoms with E-state index in [1.165, 1.54) is 0 Å². The van der Waals surface area contributed by atoms with E-state index in [4.69, 9.17) is 9.47 Å². The number of rotatable bonds is 8. The fourth-order valence-corrected chi connectivity index (χ4v) is 2.06. The van der Waals surface area contributed by atoms with Gasteiger partial charge in [0.25, 0.3) is 0 Å². The van der Waals surface area contributed by atoms with Crippen molar-refractivity contribution in [2.45, 2.75) is 25.9 Å². The van der Waals surface area contributed by atoms with Crippen molar-refractivity contribution < 1.29 is 14.6 Å². The van der Waals surface area contributed by atoms with Crippen LogP contribution in [0.25, 0.3) is 0 Å². The Bertz CT molecular complexity index is 525. The van der Waals surface area contributed by atoms with Gasteiger partial charge in [0.2, 0.25) is 0 Å². The van der Waals surface area contributed by atoms with Crippen molar-refractivity contribution in [3.63, 3.8) is 0 Å². The van der Waals surface area contributed by atoms with Crippen molar-refractivity contribution in [1.82, 2.24) is 0 Å². The average Bonchev–Trinajstić information content (AvgIpc) is 2.55. The molecule has 0 fully saturated rings. The first-order valence-corrected chi connectivity index (χ1v) is 7.35. The lowest BCUT2D eigenvalue weighted by molar-refractivity contribution is 0.0125. The zero-order chi connectivity index (χ0) is 14.9. The molecule has 0 bridgehead atoms. The van der Waals surface area contributed by atoms with E-state index in [2.05, 4.69) is 6.92 Å². The quantitative estimate of drug-likeness (QED) is 0.590. The molecule has 0 aliphatic heterocycles. The molecule has 1 atom stereocenters. The summed E-state index contributed by atoms with van der Waals surface area (Å²) >= 11 is 0. The summed E-state index contributed by atoms with van der Waals surface area (Å²) < 4.78 is 11.1. The Labute approximate surface area is 126 Å². The molecule has 1 unspecified atom stereocenters. The maximum atomic E-state index is 10.5. The summed E-state index contributed by atoms with van der Waals surface area (Å²) in [6.45, 7) is 3.02. The number of hydrogen-bond acceptors (Lipinski definition) is 3. The van der Waals surface area contributed by atoms with Gasteiger partial charge in [0.15, 0.2) is 6.79 Å². The maximum absolute atomic E-state index is 10.5. The molecule has 0 aliphatic rings. The molecule has 112 valence electrons. The molecule has 0 aromatic heterocycles. The number of aliphatic hydroxyl groups is 1. The molecule has 0 radical (unpaired) electrons. The average molecular weight is 286 g/mol. The summed E-state index contributed by atoms with van der Waals surface area (Å²) in [5.41, 5.74) is 1.60. The highest BCUT2D eigenvalue weighted by Gasteiger charge is 2.14. The van der Waals surface area contributed by atoms with Gasteiger partial charge in [-0.1, -0.05) is 61.9 Å². The summed E-state index contributed by atoms with van der Waals surface area (Å²) in [5.74, 6) is 0.658. The lowest BCUT2D eigenvalue weighted by Gasteiger charge is -2.16. The molecule has 0 aliphatic carbocycles. The van der Waals surface area contributed by atoms with Crippen LogP contribution in [0, 0.1) is 0 Å². The summed E-state index contributed by atoms with van der Waals surface area (Å²) in [4.78, 5) is 0. The molecule has 3 heteroatoms. The third-order valence-corrected chi connectivity index (χ3v) is 3.27. The molecule has 1 N–H and O–H groups in total. The van der Waals surface area contributed by atoms with Gasteiger partial charge < -0.3 is 14.6 Å². The van der Waals surface area contributed by atoms with Gasteiger partial charge in [0, 0.05) is 5.56 Å². The van der Waals surface area contributed by atoms with Gasteiger partial charge in [0.05, 0.1) is 6.61 Å². The lowest BCUT2D eigenvalue weighted by atomic mass is 10.0. The molecule has 21 heavy (non-hydrogen) atoms. The molecular formula is C18H22O3. The fraction of sp³-hybridized carbons (Fsp3) is 0.333. The van der Waals surface area contributed by atoms with E-state index in [1.807, 2.05) is 54.6 Å². The molecule has 3 nitrogen and oxygen atoms in total. The zero-order valence-electron chi connectivity index (χ0n) is 12.4. The first-order valence-electron chi connectivity index (χ1n) is 7.35. The minimum absolute atomic E-state index is 0.207. The Morgan fingerprint density at radius 3 is 2.48 bits per heavy atom. The highest BCUT2D eigenvalue weighted by molar-refractivity contribution is 5.40. The van der Waals surface area contributed by atoms with E-state index < -0.39 is 6.10 Å². The Kier molecular flexibility index (Phi) is 6.25. The fourth-order valence-electron chi connectivity index (χ4n) is 2.06. The van der Waals surface area contributed by atoms with Gasteiger partial charge >= 0.3 is 0 Å². The second-order valence-electron chi connectivity index (χ2n) is 4.88. The van der Waals surface area contributed by atoms with Crippen LogP contribution in [0.3, 0.4) is 0 Å². The first-order chi connectivity index (χ1) is 10.3. The van der Waals surface area contributed by atoms with E-state index >= 15 is 0 Å². The molecule has 0 saturated carbocycles. The van der Waals surface area contributed by atoms with Crippen LogP contribution in [0.1, 0.15) is 37.0 Å². The van der Waals surface area contributed by atoms with Gasteiger partial charge in [-0.3, -0.25) is 0 Å². The molecule has 0 heterocycles. The van der Waals surface area contributed by atoms with Gasteiger partial charge in [-0.05, 0) is 18.1 Å². The van der Waals surface area contributed by atoms with Crippen molar-refractivity contribution in [2.75, 3.05) is 13.4 Å². The predicted molar refractivity (Wildman–Crippen MR) is 83.3 cm³/mol. The van der Waals surface area contributed by atoms with Crippen LogP contribution in [0.5, 0.6) is 5.75 Å². The van der Waals surface area contributed by atoms with Crippen LogP contribution < -0.4 is 4.74 Å². The van der Waals surface area contributed by atoms with Gasteiger partial charge in [0.1, 0.15) is 11.9 Å². The first kappa shape index (κ1) is 15.5. The molecule has 2 aromatic carbocycles. The summed E-state index contributed by atoms with van der Waals surface area (Å²) in [6, 6.07) is 17.1. The van der Waals surface area contributed by atoms with E-state index in [0.29, 0.717) is 12.4 Å². The van der Waals surface area contributed by atoms with Crippen molar-refractivity contribution in [1.29, 1.82) is 0 Å². The smallest absolute Gasteiger partial charge is 0.189 e. The third kappa shape index (κ3) is 4.59. The van der Waals surface area contributed by atoms with Crippen LogP contribution in [0.2, 0.25) is 0 Å². The van der Waals surface area contributed by atoms with Crippen LogP contribution in [0.4, 0.5) is 0 Å². The second kappa shape index (κ2) is 8.45. The van der Waals surface area contributed by atoms with Gasteiger partial charge in [-0.2, -0.15) is 0 Å². The number of aliphatic hydroxyl groups excluding tert-OH is 1. The van der Waals surface area contributed by atoms with E-state index in [-0.39, 0.29) is 6.79 Å². The second-order valence-corrected chi connectivity index (χ2v) is 4.88. The van der Waals surface area contributed by atoms with Gasteiger partial charge in [-0.15, -0.1) is 0 Å². The van der Waals surface area contributed by atoms with Crippen LogP contribution in [0.15, 0.2) is 54.6 Å². The van der Waals surface area contributed by atoms with Crippen molar-refractivity contribution in [3.8, 4) is 5.75 Å². The summed E-state index contributed by atoms with van der Waals surface area (Å²) in [7, 11) is 0. The number of unbranched alkanes of at least 4 members (excludes halogenated alkanes) is 1. The van der Waals surface area contributed by atoms with E-state index in [9.17, 15) is 5.11 Å². The predicted octanol–water partition coefficient (Wildman–Crippen LogP) is 3.92. The van der Waals surface area contributed by atoms with Crippen molar-refractivity contribution >= 4 is 0 Å². The van der Waals surface area contributed by atoms with Crippen molar-refractivity contribution in [2.24, 2.45) is 0 Å². The monoisotopic (exact) mass is 286 g/mol. The summed E-state index contributed by atoms with van der Waals surface area (Å²) in [5, 5.41) is 10.5. The largest absolute Gasteiger partial charge is 0.467 e. The number of hydrogen-bond donors (Lipinski definition) is 1. The normalized spacial score (nSPS) is 12.1. The Balaban J connectivity index is 2.03. The molecule has 2 aromatic rings. The Hall–Kier alpha value is -1.84. The van der Waals surface area contributed by atoms with E-state index in [1.54, 1.807) is 0 Å². The summed E-state index contributed by atoms with van der Waals surface area (Å²) in [6.07, 6.45) is 1.43. The van der Waals surface area contributed by atoms with Crippen LogP contribution in [-0.2, 0) is 4.74 Å². The minimum Gasteiger partial charge on any atom is -0.467 e. The van der Waals surface area contributed by atoms with Gasteiger partial charge in [-0.25, -0.2) is 0 Å². The maximum Gasteiger partial charge on any atom is 0.189 e. The molecular weight excluding hydrogens is 264 g/mol. The number of ether oxygens (including phenoxy) is 2. The topological polar surface area (TPSA) is 38.7 Å². The van der Waals surface area contributed by atoms with Crippen LogP contribution in [-0.4, -0.2) is 18.5 Å². The number of benzene rings is 2. The Morgan fingerprint density at radius 2 is 1.71 bits per heavy atom. The third-order valence-electron chi connectivity index (χ3n) is 3.27. The number of para-hydroxylation sites is 1. The molecule has 0 spiro atoms. The lowest BCUT2D eigenvalue weighted by Crippen LogP contribution is -2.08. The highest BCUT2D eigenvalue weighted by Crippen LogP contribution is 2.29. The van der Waals surface area contributed by atoms with E-state index in [0.717, 1.165) is 24.0 Å². The molecule has 2 rings (SSSR count). The SMILES string of the molecule is CCCCOCOc1ccccc1C(O)c1ccccc1. The molecule has 0 amide bonds.